The molecule has 1 atom stereocenters. The molecule has 1 aromatic heterocycles. The number of benzene rings is 2. The number of carbonyl (C=O) groups is 2. The minimum atomic E-state index is -3.71. The van der Waals surface area contributed by atoms with Crippen LogP contribution in [0.3, 0.4) is 0 Å². The fraction of sp³-hybridized carbons (Fsp3) is 0.276. The number of anilines is 1. The zero-order chi connectivity index (χ0) is 28.7. The topological polar surface area (TPSA) is 121 Å². The SMILES string of the molecule is C[C@H](C=O)NS(=O)(=O)N1CCN(c2ccc(C#Cc3cc(C(=O)NCc4ccccc4)c(=O)n(C)c3)cc2)CC1. The van der Waals surface area contributed by atoms with Gasteiger partial charge in [0.05, 0.1) is 6.04 Å². The van der Waals surface area contributed by atoms with Crippen LogP contribution < -0.4 is 20.5 Å². The van der Waals surface area contributed by atoms with E-state index in [0.717, 1.165) is 16.8 Å². The Balaban J connectivity index is 1.39. The van der Waals surface area contributed by atoms with Gasteiger partial charge < -0.3 is 19.6 Å². The van der Waals surface area contributed by atoms with E-state index >= 15 is 0 Å². The second-order valence-corrected chi connectivity index (χ2v) is 11.2. The summed E-state index contributed by atoms with van der Waals surface area (Å²) in [6.45, 7) is 3.43. The predicted molar refractivity (Wildman–Crippen MR) is 153 cm³/mol. The number of nitrogens with one attached hydrogen (secondary N) is 2. The van der Waals surface area contributed by atoms with Crippen LogP contribution in [-0.4, -0.2) is 61.7 Å². The second-order valence-electron chi connectivity index (χ2n) is 9.46. The van der Waals surface area contributed by atoms with Crippen LogP contribution in [0, 0.1) is 11.8 Å². The van der Waals surface area contributed by atoms with Crippen molar-refractivity contribution < 1.29 is 18.0 Å². The zero-order valence-corrected chi connectivity index (χ0v) is 23.1. The minimum absolute atomic E-state index is 0.0255. The number of rotatable bonds is 8. The third kappa shape index (κ3) is 7.24. The number of piperazine rings is 1. The van der Waals surface area contributed by atoms with Crippen molar-refractivity contribution in [3.05, 3.63) is 99.5 Å². The first-order valence-corrected chi connectivity index (χ1v) is 14.2. The zero-order valence-electron chi connectivity index (χ0n) is 22.3. The molecule has 1 aliphatic heterocycles. The van der Waals surface area contributed by atoms with Gasteiger partial charge in [-0.2, -0.15) is 17.4 Å². The summed E-state index contributed by atoms with van der Waals surface area (Å²) in [5.41, 5.74) is 2.78. The maximum atomic E-state index is 12.7. The summed E-state index contributed by atoms with van der Waals surface area (Å²) in [4.78, 5) is 38.2. The van der Waals surface area contributed by atoms with E-state index in [1.807, 2.05) is 54.6 Å². The average molecular weight is 562 g/mol. The van der Waals surface area contributed by atoms with Gasteiger partial charge in [0.2, 0.25) is 0 Å². The Kier molecular flexibility index (Phi) is 9.16. The van der Waals surface area contributed by atoms with Crippen molar-refractivity contribution in [3.63, 3.8) is 0 Å². The Morgan fingerprint density at radius 3 is 2.30 bits per heavy atom. The van der Waals surface area contributed by atoms with Crippen molar-refractivity contribution >= 4 is 28.1 Å². The van der Waals surface area contributed by atoms with Crippen LogP contribution in [0.25, 0.3) is 0 Å². The van der Waals surface area contributed by atoms with Gasteiger partial charge in [-0.3, -0.25) is 9.59 Å². The number of pyridine rings is 1. The van der Waals surface area contributed by atoms with Crippen molar-refractivity contribution in [1.29, 1.82) is 0 Å². The second kappa shape index (κ2) is 12.7. The molecule has 1 aliphatic rings. The molecule has 0 aliphatic carbocycles. The predicted octanol–water partition coefficient (Wildman–Crippen LogP) is 1.26. The van der Waals surface area contributed by atoms with Gasteiger partial charge in [0.15, 0.2) is 0 Å². The smallest absolute Gasteiger partial charge is 0.280 e. The summed E-state index contributed by atoms with van der Waals surface area (Å²) >= 11 is 0. The van der Waals surface area contributed by atoms with E-state index in [0.29, 0.717) is 44.6 Å². The molecule has 0 unspecified atom stereocenters. The molecule has 0 bridgehead atoms. The molecule has 1 amide bonds. The molecule has 1 fully saturated rings. The van der Waals surface area contributed by atoms with Crippen LogP contribution in [0.1, 0.15) is 34.0 Å². The maximum Gasteiger partial charge on any atom is 0.280 e. The Bertz CT molecular complexity index is 1580. The molecule has 2 N–H and O–H groups in total. The van der Waals surface area contributed by atoms with Crippen molar-refractivity contribution in [1.82, 2.24) is 18.9 Å². The summed E-state index contributed by atoms with van der Waals surface area (Å²) in [6.07, 6.45) is 2.15. The lowest BCUT2D eigenvalue weighted by molar-refractivity contribution is -0.108. The number of nitrogens with zero attached hydrogens (tertiary/aromatic N) is 3. The summed E-state index contributed by atoms with van der Waals surface area (Å²) in [5.74, 6) is 5.64. The van der Waals surface area contributed by atoms with Gasteiger partial charge in [-0.15, -0.1) is 0 Å². The lowest BCUT2D eigenvalue weighted by Crippen LogP contribution is -2.53. The molecular weight excluding hydrogens is 530 g/mol. The highest BCUT2D eigenvalue weighted by Gasteiger charge is 2.28. The Hall–Kier alpha value is -4.24. The van der Waals surface area contributed by atoms with E-state index in [2.05, 4.69) is 26.8 Å². The van der Waals surface area contributed by atoms with E-state index in [1.165, 1.54) is 21.9 Å². The van der Waals surface area contributed by atoms with E-state index in [4.69, 9.17) is 0 Å². The lowest BCUT2D eigenvalue weighted by Gasteiger charge is -2.35. The van der Waals surface area contributed by atoms with Crippen LogP contribution in [-0.2, 0) is 28.6 Å². The summed E-state index contributed by atoms with van der Waals surface area (Å²) < 4.78 is 29.8. The normalized spacial score (nSPS) is 14.6. The number of aryl methyl sites for hydroxylation is 1. The van der Waals surface area contributed by atoms with E-state index in [1.54, 1.807) is 13.2 Å². The molecule has 4 rings (SSSR count). The Labute approximate surface area is 233 Å². The fourth-order valence-corrected chi connectivity index (χ4v) is 5.56. The van der Waals surface area contributed by atoms with E-state index < -0.39 is 27.7 Å². The third-order valence-electron chi connectivity index (χ3n) is 6.42. The van der Waals surface area contributed by atoms with Gasteiger partial charge in [-0.1, -0.05) is 42.2 Å². The first kappa shape index (κ1) is 28.8. The van der Waals surface area contributed by atoms with Crippen LogP contribution in [0.5, 0.6) is 0 Å². The monoisotopic (exact) mass is 561 g/mol. The van der Waals surface area contributed by atoms with Crippen LogP contribution in [0.4, 0.5) is 5.69 Å². The number of hydrogen-bond acceptors (Lipinski definition) is 6. The summed E-state index contributed by atoms with van der Waals surface area (Å²) in [5, 5.41) is 2.78. The number of aromatic nitrogens is 1. The minimum Gasteiger partial charge on any atom is -0.369 e. The quantitative estimate of drug-likeness (QED) is 0.316. The molecule has 40 heavy (non-hydrogen) atoms. The molecule has 0 radical (unpaired) electrons. The van der Waals surface area contributed by atoms with Gasteiger partial charge in [0, 0.05) is 62.8 Å². The standard InChI is InChI=1S/C29H31N5O5S/c1-22(21-35)31-40(38,39)34-16-14-33(15-17-34)26-12-10-23(11-13-26)8-9-25-18-27(29(37)32(2)20-25)28(36)30-19-24-6-4-3-5-7-24/h3-7,10-13,18,20-22,31H,14-17,19H2,1-2H3,(H,30,36)/t22-/m1/s1. The molecule has 208 valence electrons. The Morgan fingerprint density at radius 2 is 1.65 bits per heavy atom. The average Bonchev–Trinajstić information content (AvgIpc) is 2.97. The maximum absolute atomic E-state index is 12.7. The first-order chi connectivity index (χ1) is 19.2. The molecule has 0 spiro atoms. The highest BCUT2D eigenvalue weighted by atomic mass is 32.2. The van der Waals surface area contributed by atoms with Crippen molar-refractivity contribution in [2.45, 2.75) is 19.5 Å². The molecule has 10 nitrogen and oxygen atoms in total. The van der Waals surface area contributed by atoms with Gasteiger partial charge in [-0.05, 0) is 42.8 Å². The number of hydrogen-bond donors (Lipinski definition) is 2. The van der Waals surface area contributed by atoms with Crippen LogP contribution in [0.2, 0.25) is 0 Å². The third-order valence-corrected chi connectivity index (χ3v) is 8.14. The lowest BCUT2D eigenvalue weighted by atomic mass is 10.1. The summed E-state index contributed by atoms with van der Waals surface area (Å²) in [7, 11) is -2.13. The molecular formula is C29H31N5O5S. The number of amides is 1. The van der Waals surface area contributed by atoms with Crippen LogP contribution in [0.15, 0.2) is 71.7 Å². The highest BCUT2D eigenvalue weighted by molar-refractivity contribution is 7.87. The van der Waals surface area contributed by atoms with Crippen molar-refractivity contribution in [3.8, 4) is 11.8 Å². The molecule has 0 saturated carbocycles. The van der Waals surface area contributed by atoms with Gasteiger partial charge in [-0.25, -0.2) is 0 Å². The molecule has 3 aromatic rings. The van der Waals surface area contributed by atoms with Gasteiger partial charge in [0.25, 0.3) is 21.7 Å². The van der Waals surface area contributed by atoms with E-state index in [9.17, 15) is 22.8 Å². The van der Waals surface area contributed by atoms with Gasteiger partial charge in [0.1, 0.15) is 11.8 Å². The highest BCUT2D eigenvalue weighted by Crippen LogP contribution is 2.18. The van der Waals surface area contributed by atoms with Crippen molar-refractivity contribution in [2.75, 3.05) is 31.1 Å². The van der Waals surface area contributed by atoms with E-state index in [-0.39, 0.29) is 5.56 Å². The molecule has 1 saturated heterocycles. The van der Waals surface area contributed by atoms with Crippen LogP contribution >= 0.6 is 0 Å². The molecule has 11 heteroatoms. The van der Waals surface area contributed by atoms with Crippen molar-refractivity contribution in [2.24, 2.45) is 7.05 Å². The Morgan fingerprint density at radius 1 is 1.00 bits per heavy atom. The van der Waals surface area contributed by atoms with Gasteiger partial charge >= 0.3 is 0 Å². The molecule has 2 aromatic carbocycles. The summed E-state index contributed by atoms with van der Waals surface area (Å²) in [6, 6.07) is 17.8. The largest absolute Gasteiger partial charge is 0.369 e. The number of carbonyl (C=O) groups excluding carboxylic acids is 2. The number of aldehydes is 1. The molecule has 2 heterocycles. The fourth-order valence-electron chi connectivity index (χ4n) is 4.24. The first-order valence-electron chi connectivity index (χ1n) is 12.8.